The number of nitrogens with zero attached hydrogens (tertiary/aromatic N) is 2. The maximum Gasteiger partial charge on any atom is 0.256 e. The second kappa shape index (κ2) is 11.1. The van der Waals surface area contributed by atoms with Crippen LogP contribution in [0.15, 0.2) is 50.9 Å². The van der Waals surface area contributed by atoms with E-state index in [0.29, 0.717) is 18.1 Å². The molecule has 9 heteroatoms. The Hall–Kier alpha value is -2.45. The van der Waals surface area contributed by atoms with Crippen LogP contribution >= 0.6 is 28.3 Å². The van der Waals surface area contributed by atoms with E-state index in [0.717, 1.165) is 35.0 Å². The normalized spacial score (nSPS) is 11.6. The van der Waals surface area contributed by atoms with Gasteiger partial charge in [-0.25, -0.2) is 4.98 Å². The van der Waals surface area contributed by atoms with Gasteiger partial charge >= 0.3 is 0 Å². The van der Waals surface area contributed by atoms with Gasteiger partial charge in [-0.05, 0) is 65.4 Å². The predicted molar refractivity (Wildman–Crippen MR) is 125 cm³/mol. The number of aryl methyl sites for hydroxylation is 2. The Balaban J connectivity index is 0.00000320. The van der Waals surface area contributed by atoms with Gasteiger partial charge in [0.1, 0.15) is 0 Å². The van der Waals surface area contributed by atoms with E-state index in [-0.39, 0.29) is 29.4 Å². The number of rotatable bonds is 8. The highest BCUT2D eigenvalue weighted by atomic mass is 79.9. The molecule has 3 N–H and O–H groups in total. The van der Waals surface area contributed by atoms with Crippen LogP contribution in [-0.4, -0.2) is 26.5 Å². The van der Waals surface area contributed by atoms with E-state index >= 15 is 0 Å². The third kappa shape index (κ3) is 6.27. The highest BCUT2D eigenvalue weighted by Crippen LogP contribution is 2.19. The first-order valence-corrected chi connectivity index (χ1v) is 10.4. The van der Waals surface area contributed by atoms with Gasteiger partial charge in [0.25, 0.3) is 5.56 Å². The molecule has 0 aliphatic rings. The lowest BCUT2D eigenvalue weighted by Crippen LogP contribution is -2.20. The van der Waals surface area contributed by atoms with Gasteiger partial charge in [-0.1, -0.05) is 6.92 Å². The Morgan fingerprint density at radius 2 is 1.97 bits per heavy atom. The first kappa shape index (κ1) is 23.8. The summed E-state index contributed by atoms with van der Waals surface area (Å²) in [7, 11) is 0. The Morgan fingerprint density at radius 1 is 1.17 bits per heavy atom. The summed E-state index contributed by atoms with van der Waals surface area (Å²) in [6.07, 6.45) is 7.82. The molecular formula is C21H25BrClN5O2. The number of halogens is 2. The molecule has 0 saturated carbocycles. The number of hydrogen-bond acceptors (Lipinski definition) is 5. The Morgan fingerprint density at radius 3 is 2.67 bits per heavy atom. The van der Waals surface area contributed by atoms with Gasteiger partial charge in [0.05, 0.1) is 0 Å². The molecule has 3 aromatic rings. The van der Waals surface area contributed by atoms with E-state index in [1.807, 2.05) is 13.1 Å². The van der Waals surface area contributed by atoms with E-state index in [1.165, 1.54) is 11.6 Å². The third-order valence-corrected chi connectivity index (χ3v) is 5.31. The van der Waals surface area contributed by atoms with E-state index in [1.54, 1.807) is 18.5 Å². The third-order valence-electron chi connectivity index (χ3n) is 4.88. The second-order valence-corrected chi connectivity index (χ2v) is 7.94. The zero-order valence-corrected chi connectivity index (χ0v) is 19.3. The number of nitrogens with one attached hydrogen (secondary N) is 3. The molecule has 0 aliphatic heterocycles. The fourth-order valence-electron chi connectivity index (χ4n) is 3.17. The summed E-state index contributed by atoms with van der Waals surface area (Å²) in [5.41, 5.74) is 3.20. The minimum Gasteiger partial charge on any atom is -0.356 e. The quantitative estimate of drug-likeness (QED) is 0.412. The average Bonchev–Trinajstić information content (AvgIpc) is 2.69. The molecule has 0 aromatic carbocycles. The Bertz CT molecular complexity index is 1100. The molecule has 0 radical (unpaired) electrons. The lowest BCUT2D eigenvalue weighted by Gasteiger charge is -2.12. The van der Waals surface area contributed by atoms with Gasteiger partial charge in [-0.2, -0.15) is 0 Å². The SMILES string of the molecule is Cc1cc(Br)cnc1CCCCNc1ncc(C(C)c2cc[nH]c(=O)c2)c(=O)[nH]1.Cl. The predicted octanol–water partition coefficient (Wildman–Crippen LogP) is 3.93. The van der Waals surface area contributed by atoms with Crippen molar-refractivity contribution < 1.29 is 0 Å². The summed E-state index contributed by atoms with van der Waals surface area (Å²) in [4.78, 5) is 38.1. The number of hydrogen-bond donors (Lipinski definition) is 3. The molecule has 7 nitrogen and oxygen atoms in total. The van der Waals surface area contributed by atoms with Crippen molar-refractivity contribution in [1.82, 2.24) is 19.9 Å². The van der Waals surface area contributed by atoms with Crippen LogP contribution in [-0.2, 0) is 6.42 Å². The Kier molecular flexibility index (Phi) is 8.80. The molecular weight excluding hydrogens is 470 g/mol. The van der Waals surface area contributed by atoms with Gasteiger partial charge in [0.2, 0.25) is 11.5 Å². The molecule has 1 unspecified atom stereocenters. The maximum atomic E-state index is 12.4. The highest BCUT2D eigenvalue weighted by Gasteiger charge is 2.14. The topological polar surface area (TPSA) is 104 Å². The van der Waals surface area contributed by atoms with Crippen molar-refractivity contribution in [3.63, 3.8) is 0 Å². The van der Waals surface area contributed by atoms with Gasteiger partial charge in [-0.3, -0.25) is 19.6 Å². The van der Waals surface area contributed by atoms with Crippen LogP contribution in [0.4, 0.5) is 5.95 Å². The average molecular weight is 495 g/mol. The first-order chi connectivity index (χ1) is 13.9. The van der Waals surface area contributed by atoms with E-state index < -0.39 is 0 Å². The molecule has 0 spiro atoms. The summed E-state index contributed by atoms with van der Waals surface area (Å²) < 4.78 is 0.993. The van der Waals surface area contributed by atoms with Crippen molar-refractivity contribution >= 4 is 34.3 Å². The van der Waals surface area contributed by atoms with Crippen molar-refractivity contribution in [3.8, 4) is 0 Å². The van der Waals surface area contributed by atoms with Crippen LogP contribution < -0.4 is 16.4 Å². The van der Waals surface area contributed by atoms with Crippen LogP contribution in [0.3, 0.4) is 0 Å². The highest BCUT2D eigenvalue weighted by molar-refractivity contribution is 9.10. The van der Waals surface area contributed by atoms with Crippen molar-refractivity contribution in [2.24, 2.45) is 0 Å². The molecule has 3 aromatic heterocycles. The van der Waals surface area contributed by atoms with Crippen LogP contribution in [0, 0.1) is 6.92 Å². The second-order valence-electron chi connectivity index (χ2n) is 7.03. The lowest BCUT2D eigenvalue weighted by molar-refractivity contribution is 0.740. The molecule has 0 bridgehead atoms. The molecule has 1 atom stereocenters. The first-order valence-electron chi connectivity index (χ1n) is 9.57. The van der Waals surface area contributed by atoms with Gasteiger partial charge < -0.3 is 10.3 Å². The van der Waals surface area contributed by atoms with Gasteiger partial charge in [0, 0.05) is 52.8 Å². The van der Waals surface area contributed by atoms with E-state index in [2.05, 4.69) is 54.2 Å². The lowest BCUT2D eigenvalue weighted by atomic mass is 9.96. The van der Waals surface area contributed by atoms with Crippen molar-refractivity contribution in [2.45, 2.75) is 39.0 Å². The zero-order valence-electron chi connectivity index (χ0n) is 16.9. The Labute approximate surface area is 189 Å². The fourth-order valence-corrected chi connectivity index (χ4v) is 3.61. The molecule has 160 valence electrons. The zero-order chi connectivity index (χ0) is 20.8. The number of aromatic nitrogens is 4. The van der Waals surface area contributed by atoms with Gasteiger partial charge in [0.15, 0.2) is 0 Å². The van der Waals surface area contributed by atoms with Crippen LogP contribution in [0.1, 0.15) is 48.1 Å². The minimum absolute atomic E-state index is 0. The molecule has 0 fully saturated rings. The number of anilines is 1. The summed E-state index contributed by atoms with van der Waals surface area (Å²) in [6.45, 7) is 4.65. The molecule has 0 saturated heterocycles. The van der Waals surface area contributed by atoms with Crippen molar-refractivity contribution in [3.05, 3.63) is 84.4 Å². The minimum atomic E-state index is -0.218. The molecule has 3 rings (SSSR count). The number of unbranched alkanes of at least 4 members (excludes halogenated alkanes) is 1. The van der Waals surface area contributed by atoms with E-state index in [4.69, 9.17) is 0 Å². The monoisotopic (exact) mass is 493 g/mol. The van der Waals surface area contributed by atoms with Gasteiger partial charge in [-0.15, -0.1) is 12.4 Å². The standard InChI is InChI=1S/C21H24BrN5O2.ClH/c1-13-9-16(22)11-25-18(13)5-3-4-7-24-21-26-12-17(20(29)27-21)14(2)15-6-8-23-19(28)10-15;/h6,8-12,14H,3-5,7H2,1-2H3,(H,23,28)(H2,24,26,27,29);1H. The number of H-pyrrole nitrogens is 2. The molecule has 3 heterocycles. The summed E-state index contributed by atoms with van der Waals surface area (Å²) in [5, 5.41) is 3.16. The summed E-state index contributed by atoms with van der Waals surface area (Å²) in [5.74, 6) is 0.235. The number of aromatic amines is 2. The van der Waals surface area contributed by atoms with E-state index in [9.17, 15) is 9.59 Å². The van der Waals surface area contributed by atoms with Crippen LogP contribution in [0.25, 0.3) is 0 Å². The summed E-state index contributed by atoms with van der Waals surface area (Å²) in [6, 6.07) is 5.36. The van der Waals surface area contributed by atoms with Crippen molar-refractivity contribution in [2.75, 3.05) is 11.9 Å². The smallest absolute Gasteiger partial charge is 0.256 e. The molecule has 30 heavy (non-hydrogen) atoms. The van der Waals surface area contributed by atoms with Crippen molar-refractivity contribution in [1.29, 1.82) is 0 Å². The molecule has 0 aliphatic carbocycles. The fraction of sp³-hybridized carbons (Fsp3) is 0.333. The number of pyridine rings is 2. The molecule has 0 amide bonds. The maximum absolute atomic E-state index is 12.4. The van der Waals surface area contributed by atoms with Crippen LogP contribution in [0.2, 0.25) is 0 Å². The largest absolute Gasteiger partial charge is 0.356 e. The summed E-state index contributed by atoms with van der Waals surface area (Å²) >= 11 is 3.43. The van der Waals surface area contributed by atoms with Crippen LogP contribution in [0.5, 0.6) is 0 Å².